The number of carbonyl (C=O) groups excluding carboxylic acids is 2. The Kier molecular flexibility index (Phi) is 5.42. The Morgan fingerprint density at radius 3 is 2.96 bits per heavy atom. The van der Waals surface area contributed by atoms with Crippen LogP contribution in [0, 0.1) is 11.3 Å². The first-order valence-electron chi connectivity index (χ1n) is 9.32. The lowest BCUT2D eigenvalue weighted by atomic mass is 9.67. The van der Waals surface area contributed by atoms with Crippen molar-refractivity contribution in [3.05, 3.63) is 35.4 Å². The van der Waals surface area contributed by atoms with Gasteiger partial charge >= 0.3 is 0 Å². The summed E-state index contributed by atoms with van der Waals surface area (Å²) in [5.41, 5.74) is 1.58. The maximum atomic E-state index is 12.8. The number of fused-ring (bicyclic) bond motifs is 1. The molecule has 2 aliphatic rings. The van der Waals surface area contributed by atoms with Crippen molar-refractivity contribution in [1.82, 2.24) is 15.5 Å². The molecule has 2 fully saturated rings. The van der Waals surface area contributed by atoms with E-state index in [9.17, 15) is 9.59 Å². The maximum Gasteiger partial charge on any atom is 0.253 e. The minimum absolute atomic E-state index is 0.00634. The lowest BCUT2D eigenvalue weighted by molar-refractivity contribution is -0.133. The van der Waals surface area contributed by atoms with Gasteiger partial charge in [-0.05, 0) is 49.4 Å². The number of nitrogens with one attached hydrogen (secondary N) is 2. The average molecular weight is 343 g/mol. The standard InChI is InChI=1S/C20H29N3O2/c1-23(2)18(24)16-7-5-6-15(12-16)9-11-22-19(25)20-10-4-3-8-17(20)13-21-14-20/h5-7,12,17,21H,3-4,8-11,13-14H2,1-2H3,(H,22,25)/t17-,20+/m0/s1. The molecule has 5 nitrogen and oxygen atoms in total. The van der Waals surface area contributed by atoms with Gasteiger partial charge in [-0.1, -0.05) is 25.0 Å². The minimum Gasteiger partial charge on any atom is -0.355 e. The summed E-state index contributed by atoms with van der Waals surface area (Å²) in [5.74, 6) is 0.705. The Morgan fingerprint density at radius 2 is 2.16 bits per heavy atom. The van der Waals surface area contributed by atoms with E-state index in [2.05, 4.69) is 10.6 Å². The number of benzene rings is 1. The zero-order valence-electron chi connectivity index (χ0n) is 15.3. The van der Waals surface area contributed by atoms with Crippen LogP contribution in [-0.2, 0) is 11.2 Å². The number of carbonyl (C=O) groups is 2. The second kappa shape index (κ2) is 7.56. The molecule has 25 heavy (non-hydrogen) atoms. The van der Waals surface area contributed by atoms with Crippen LogP contribution in [0.3, 0.4) is 0 Å². The first-order chi connectivity index (χ1) is 12.0. The molecule has 1 heterocycles. The highest BCUT2D eigenvalue weighted by Crippen LogP contribution is 2.43. The van der Waals surface area contributed by atoms with Gasteiger partial charge in [0.2, 0.25) is 5.91 Å². The molecule has 0 bridgehead atoms. The van der Waals surface area contributed by atoms with Crippen LogP contribution in [0.15, 0.2) is 24.3 Å². The summed E-state index contributed by atoms with van der Waals surface area (Å²) in [5, 5.41) is 6.58. The summed E-state index contributed by atoms with van der Waals surface area (Å²) in [6.07, 6.45) is 5.31. The third kappa shape index (κ3) is 3.71. The molecule has 0 aromatic heterocycles. The SMILES string of the molecule is CN(C)C(=O)c1cccc(CCNC(=O)[C@@]23CCCC[C@H]2CNC3)c1. The fraction of sp³-hybridized carbons (Fsp3) is 0.600. The molecule has 1 aromatic rings. The normalized spacial score (nSPS) is 25.3. The summed E-state index contributed by atoms with van der Waals surface area (Å²) in [7, 11) is 3.51. The first-order valence-corrected chi connectivity index (χ1v) is 9.32. The average Bonchev–Trinajstić information content (AvgIpc) is 3.06. The van der Waals surface area contributed by atoms with Crippen LogP contribution in [0.1, 0.15) is 41.6 Å². The molecule has 3 rings (SSSR count). The van der Waals surface area contributed by atoms with Gasteiger partial charge in [0.25, 0.3) is 5.91 Å². The zero-order chi connectivity index (χ0) is 17.9. The Bertz CT molecular complexity index is 644. The largest absolute Gasteiger partial charge is 0.355 e. The van der Waals surface area contributed by atoms with E-state index in [0.717, 1.165) is 44.3 Å². The van der Waals surface area contributed by atoms with Crippen LogP contribution < -0.4 is 10.6 Å². The Morgan fingerprint density at radius 1 is 1.32 bits per heavy atom. The quantitative estimate of drug-likeness (QED) is 0.857. The van der Waals surface area contributed by atoms with Gasteiger partial charge in [0.15, 0.2) is 0 Å². The first kappa shape index (κ1) is 17.9. The number of nitrogens with zero attached hydrogens (tertiary/aromatic N) is 1. The van der Waals surface area contributed by atoms with E-state index in [0.29, 0.717) is 18.0 Å². The molecule has 1 saturated carbocycles. The lowest BCUT2D eigenvalue weighted by Gasteiger charge is -2.37. The van der Waals surface area contributed by atoms with Crippen LogP contribution >= 0.6 is 0 Å². The molecule has 2 amide bonds. The highest BCUT2D eigenvalue weighted by Gasteiger charge is 2.49. The molecule has 136 valence electrons. The molecule has 1 aliphatic carbocycles. The van der Waals surface area contributed by atoms with Crippen molar-refractivity contribution in [1.29, 1.82) is 0 Å². The Hall–Kier alpha value is -1.88. The smallest absolute Gasteiger partial charge is 0.253 e. The fourth-order valence-corrected chi connectivity index (χ4v) is 4.30. The monoisotopic (exact) mass is 343 g/mol. The Labute approximate surface area is 150 Å². The van der Waals surface area contributed by atoms with E-state index >= 15 is 0 Å². The summed E-state index contributed by atoms with van der Waals surface area (Å²) < 4.78 is 0. The molecule has 0 radical (unpaired) electrons. The van der Waals surface area contributed by atoms with Gasteiger partial charge in [-0.3, -0.25) is 9.59 Å². The fourth-order valence-electron chi connectivity index (χ4n) is 4.30. The van der Waals surface area contributed by atoms with Crippen LogP contribution in [0.5, 0.6) is 0 Å². The van der Waals surface area contributed by atoms with Gasteiger partial charge in [0, 0.05) is 32.7 Å². The second-order valence-corrected chi connectivity index (χ2v) is 7.64. The number of amides is 2. The van der Waals surface area contributed by atoms with Crippen molar-refractivity contribution in [2.75, 3.05) is 33.7 Å². The van der Waals surface area contributed by atoms with Crippen molar-refractivity contribution in [2.24, 2.45) is 11.3 Å². The van der Waals surface area contributed by atoms with Gasteiger partial charge in [0.1, 0.15) is 0 Å². The van der Waals surface area contributed by atoms with E-state index in [1.54, 1.807) is 19.0 Å². The van der Waals surface area contributed by atoms with E-state index in [-0.39, 0.29) is 17.2 Å². The van der Waals surface area contributed by atoms with E-state index in [1.807, 2.05) is 24.3 Å². The maximum absolute atomic E-state index is 12.8. The van der Waals surface area contributed by atoms with Gasteiger partial charge < -0.3 is 15.5 Å². The van der Waals surface area contributed by atoms with Crippen LogP contribution in [0.2, 0.25) is 0 Å². The molecular formula is C20H29N3O2. The summed E-state index contributed by atoms with van der Waals surface area (Å²) in [4.78, 5) is 26.5. The molecular weight excluding hydrogens is 314 g/mol. The molecule has 0 spiro atoms. The van der Waals surface area contributed by atoms with E-state index < -0.39 is 0 Å². The second-order valence-electron chi connectivity index (χ2n) is 7.64. The zero-order valence-corrected chi connectivity index (χ0v) is 15.3. The lowest BCUT2D eigenvalue weighted by Crippen LogP contribution is -2.48. The predicted octanol–water partition coefficient (Wildman–Crippen LogP) is 1.83. The summed E-state index contributed by atoms with van der Waals surface area (Å²) in [6, 6.07) is 7.68. The molecule has 5 heteroatoms. The molecule has 0 unspecified atom stereocenters. The topological polar surface area (TPSA) is 61.4 Å². The predicted molar refractivity (Wildman–Crippen MR) is 98.4 cm³/mol. The summed E-state index contributed by atoms with van der Waals surface area (Å²) >= 11 is 0. The molecule has 1 aliphatic heterocycles. The number of rotatable bonds is 5. The van der Waals surface area contributed by atoms with Gasteiger partial charge in [-0.25, -0.2) is 0 Å². The molecule has 1 aromatic carbocycles. The highest BCUT2D eigenvalue weighted by atomic mass is 16.2. The van der Waals surface area contributed by atoms with Gasteiger partial charge in [-0.2, -0.15) is 0 Å². The Balaban J connectivity index is 1.57. The van der Waals surface area contributed by atoms with Crippen molar-refractivity contribution >= 4 is 11.8 Å². The van der Waals surface area contributed by atoms with Crippen molar-refractivity contribution in [3.8, 4) is 0 Å². The van der Waals surface area contributed by atoms with Crippen LogP contribution in [0.4, 0.5) is 0 Å². The third-order valence-electron chi connectivity index (χ3n) is 5.77. The minimum atomic E-state index is -0.193. The van der Waals surface area contributed by atoms with Gasteiger partial charge in [0.05, 0.1) is 5.41 Å². The van der Waals surface area contributed by atoms with Crippen molar-refractivity contribution in [2.45, 2.75) is 32.1 Å². The number of hydrogen-bond donors (Lipinski definition) is 2. The molecule has 2 N–H and O–H groups in total. The van der Waals surface area contributed by atoms with Gasteiger partial charge in [-0.15, -0.1) is 0 Å². The van der Waals surface area contributed by atoms with Crippen LogP contribution in [-0.4, -0.2) is 50.4 Å². The molecule has 2 atom stereocenters. The van der Waals surface area contributed by atoms with E-state index in [4.69, 9.17) is 0 Å². The van der Waals surface area contributed by atoms with Crippen molar-refractivity contribution < 1.29 is 9.59 Å². The van der Waals surface area contributed by atoms with E-state index in [1.165, 1.54) is 6.42 Å². The summed E-state index contributed by atoms with van der Waals surface area (Å²) in [6.45, 7) is 2.41. The third-order valence-corrected chi connectivity index (χ3v) is 5.77. The number of hydrogen-bond acceptors (Lipinski definition) is 3. The van der Waals surface area contributed by atoms with Crippen molar-refractivity contribution in [3.63, 3.8) is 0 Å². The van der Waals surface area contributed by atoms with Crippen LogP contribution in [0.25, 0.3) is 0 Å². The molecule has 1 saturated heterocycles. The highest BCUT2D eigenvalue weighted by molar-refractivity contribution is 5.94.